The summed E-state index contributed by atoms with van der Waals surface area (Å²) in [6.45, 7) is 9.34. The van der Waals surface area contributed by atoms with Crippen LogP contribution in [-0.4, -0.2) is 60.2 Å². The quantitative estimate of drug-likeness (QED) is 0.359. The molecule has 1 unspecified atom stereocenters. The Bertz CT molecular complexity index is 753. The van der Waals surface area contributed by atoms with E-state index in [9.17, 15) is 0 Å². The molecule has 29 heavy (non-hydrogen) atoms. The Morgan fingerprint density at radius 1 is 1.28 bits per heavy atom. The predicted molar refractivity (Wildman–Crippen MR) is 113 cm³/mol. The van der Waals surface area contributed by atoms with Crippen molar-refractivity contribution in [3.05, 3.63) is 42.0 Å². The first-order valence-corrected chi connectivity index (χ1v) is 10.4. The van der Waals surface area contributed by atoms with Crippen molar-refractivity contribution in [2.75, 3.05) is 39.5 Å². The molecule has 1 aliphatic rings. The average Bonchev–Trinajstić information content (AvgIpc) is 3.41. The van der Waals surface area contributed by atoms with Crippen LogP contribution >= 0.6 is 0 Å². The third-order valence-electron chi connectivity index (χ3n) is 4.87. The van der Waals surface area contributed by atoms with Crippen LogP contribution < -0.4 is 15.4 Å². The normalized spacial score (nSPS) is 16.8. The fourth-order valence-corrected chi connectivity index (χ4v) is 3.13. The van der Waals surface area contributed by atoms with Crippen LogP contribution in [0.5, 0.6) is 5.75 Å². The van der Waals surface area contributed by atoms with Gasteiger partial charge in [0.25, 0.3) is 0 Å². The number of guanidine groups is 1. The number of hydrogen-bond acceptors (Lipinski definition) is 5. The van der Waals surface area contributed by atoms with Crippen molar-refractivity contribution >= 4 is 5.96 Å². The second-order valence-corrected chi connectivity index (χ2v) is 7.23. The molecule has 2 heterocycles. The fourth-order valence-electron chi connectivity index (χ4n) is 3.13. The number of nitrogens with one attached hydrogen (secondary N) is 2. The van der Waals surface area contributed by atoms with Gasteiger partial charge in [-0.2, -0.15) is 0 Å². The minimum absolute atomic E-state index is 0.502. The van der Waals surface area contributed by atoms with E-state index in [2.05, 4.69) is 51.4 Å². The first-order valence-electron chi connectivity index (χ1n) is 10.4. The molecule has 8 heteroatoms. The van der Waals surface area contributed by atoms with Crippen molar-refractivity contribution in [3.8, 4) is 5.75 Å². The van der Waals surface area contributed by atoms with Gasteiger partial charge in [-0.1, -0.05) is 24.6 Å². The van der Waals surface area contributed by atoms with Gasteiger partial charge in [0.1, 0.15) is 24.5 Å². The van der Waals surface area contributed by atoms with Crippen molar-refractivity contribution in [1.82, 2.24) is 25.4 Å². The number of benzene rings is 1. The van der Waals surface area contributed by atoms with E-state index in [-0.39, 0.29) is 0 Å². The molecule has 3 rings (SSSR count). The van der Waals surface area contributed by atoms with Crippen LogP contribution in [-0.2, 0) is 17.7 Å². The highest BCUT2D eigenvalue weighted by atomic mass is 16.5. The molecule has 1 fully saturated rings. The zero-order chi connectivity index (χ0) is 20.3. The number of nitrogens with zero attached hydrogens (tertiary/aromatic N) is 4. The van der Waals surface area contributed by atoms with Gasteiger partial charge in [-0.3, -0.25) is 4.99 Å². The lowest BCUT2D eigenvalue weighted by atomic mass is 10.1. The maximum absolute atomic E-state index is 5.80. The summed E-state index contributed by atoms with van der Waals surface area (Å²) in [7, 11) is 0. The zero-order valence-electron chi connectivity index (χ0n) is 17.4. The summed E-state index contributed by atoms with van der Waals surface area (Å²) in [6, 6.07) is 8.09. The molecule has 0 bridgehead atoms. The summed E-state index contributed by atoms with van der Waals surface area (Å²) >= 11 is 0. The van der Waals surface area contributed by atoms with E-state index in [1.165, 1.54) is 5.56 Å². The maximum atomic E-state index is 5.80. The highest BCUT2D eigenvalue weighted by molar-refractivity contribution is 5.79. The molecule has 1 saturated heterocycles. The number of aromatic nitrogens is 3. The molecule has 8 nitrogen and oxygen atoms in total. The van der Waals surface area contributed by atoms with E-state index >= 15 is 0 Å². The molecule has 0 radical (unpaired) electrons. The topological polar surface area (TPSA) is 85.6 Å². The Morgan fingerprint density at radius 3 is 2.86 bits per heavy atom. The smallest absolute Gasteiger partial charge is 0.191 e. The van der Waals surface area contributed by atoms with E-state index in [0.717, 1.165) is 63.2 Å². The van der Waals surface area contributed by atoms with Gasteiger partial charge in [-0.05, 0) is 25.5 Å². The number of rotatable bonds is 10. The molecule has 0 spiro atoms. The van der Waals surface area contributed by atoms with Crippen molar-refractivity contribution in [2.45, 2.75) is 33.2 Å². The molecule has 2 N–H and O–H groups in total. The van der Waals surface area contributed by atoms with Gasteiger partial charge in [0.15, 0.2) is 5.96 Å². The molecule has 1 aromatic heterocycles. The number of aryl methyl sites for hydroxylation is 2. The van der Waals surface area contributed by atoms with Crippen LogP contribution in [0, 0.1) is 12.8 Å². The Hall–Kier alpha value is -2.61. The summed E-state index contributed by atoms with van der Waals surface area (Å²) < 4.78 is 13.3. The molecule has 158 valence electrons. The summed E-state index contributed by atoms with van der Waals surface area (Å²) in [5, 5.41) is 14.9. The Labute approximate surface area is 172 Å². The summed E-state index contributed by atoms with van der Waals surface area (Å²) in [5.41, 5.74) is 1.23. The van der Waals surface area contributed by atoms with E-state index in [1.807, 2.05) is 12.1 Å². The van der Waals surface area contributed by atoms with E-state index < -0.39 is 0 Å². The third kappa shape index (κ3) is 7.05. The Kier molecular flexibility index (Phi) is 8.30. The van der Waals surface area contributed by atoms with Crippen molar-refractivity contribution in [3.63, 3.8) is 0 Å². The van der Waals surface area contributed by atoms with Gasteiger partial charge in [0.2, 0.25) is 0 Å². The summed E-state index contributed by atoms with van der Waals surface area (Å²) in [6.07, 6.45) is 3.72. The monoisotopic (exact) mass is 400 g/mol. The van der Waals surface area contributed by atoms with Gasteiger partial charge in [-0.25, -0.2) is 0 Å². The van der Waals surface area contributed by atoms with Gasteiger partial charge < -0.3 is 24.7 Å². The van der Waals surface area contributed by atoms with Crippen molar-refractivity contribution in [2.24, 2.45) is 10.9 Å². The van der Waals surface area contributed by atoms with E-state index in [0.29, 0.717) is 19.1 Å². The van der Waals surface area contributed by atoms with Crippen LogP contribution in [0.4, 0.5) is 0 Å². The largest absolute Gasteiger partial charge is 0.492 e. The lowest BCUT2D eigenvalue weighted by Gasteiger charge is -2.15. The predicted octanol–water partition coefficient (Wildman–Crippen LogP) is 1.80. The van der Waals surface area contributed by atoms with Crippen LogP contribution in [0.3, 0.4) is 0 Å². The molecule has 0 aliphatic carbocycles. The maximum Gasteiger partial charge on any atom is 0.191 e. The lowest BCUT2D eigenvalue weighted by molar-refractivity contribution is 0.187. The zero-order valence-corrected chi connectivity index (χ0v) is 17.4. The summed E-state index contributed by atoms with van der Waals surface area (Å²) in [4.78, 5) is 4.74. The molecule has 0 amide bonds. The van der Waals surface area contributed by atoms with Crippen molar-refractivity contribution in [1.29, 1.82) is 0 Å². The van der Waals surface area contributed by atoms with Crippen molar-refractivity contribution < 1.29 is 9.47 Å². The van der Waals surface area contributed by atoms with Crippen LogP contribution in [0.25, 0.3) is 0 Å². The van der Waals surface area contributed by atoms with Gasteiger partial charge in [-0.15, -0.1) is 10.2 Å². The number of aliphatic imine (C=N–C) groups is 1. The highest BCUT2D eigenvalue weighted by Gasteiger charge is 2.15. The molecular weight excluding hydrogens is 368 g/mol. The molecule has 1 atom stereocenters. The minimum atomic E-state index is 0.502. The second kappa shape index (κ2) is 11.4. The van der Waals surface area contributed by atoms with Gasteiger partial charge in [0.05, 0.1) is 13.2 Å². The van der Waals surface area contributed by atoms with E-state index in [4.69, 9.17) is 14.5 Å². The second-order valence-electron chi connectivity index (χ2n) is 7.23. The molecular formula is C21H32N6O2. The molecule has 2 aromatic rings. The standard InChI is InChI=1S/C21H32N6O2/c1-3-20-26-25-16-27(20)11-9-22-21(24-14-18-8-12-28-15-18)23-10-13-29-19-6-4-17(2)5-7-19/h4-7,16,18H,3,8-15H2,1-2H3,(H2,22,23,24). The Morgan fingerprint density at radius 2 is 2.10 bits per heavy atom. The minimum Gasteiger partial charge on any atom is -0.492 e. The molecule has 1 aromatic carbocycles. The average molecular weight is 401 g/mol. The van der Waals surface area contributed by atoms with E-state index in [1.54, 1.807) is 6.33 Å². The SMILES string of the molecule is CCc1nncn1CCNC(=NCC1CCOC1)NCCOc1ccc(C)cc1. The number of ether oxygens (including phenoxy) is 2. The highest BCUT2D eigenvalue weighted by Crippen LogP contribution is 2.12. The first kappa shape index (κ1) is 21.1. The fraction of sp³-hybridized carbons (Fsp3) is 0.571. The van der Waals surface area contributed by atoms with Gasteiger partial charge >= 0.3 is 0 Å². The number of hydrogen-bond donors (Lipinski definition) is 2. The van der Waals surface area contributed by atoms with Crippen LogP contribution in [0.1, 0.15) is 24.7 Å². The first-order chi connectivity index (χ1) is 14.2. The molecule has 0 saturated carbocycles. The Balaban J connectivity index is 1.45. The molecule has 1 aliphatic heterocycles. The van der Waals surface area contributed by atoms with Crippen LogP contribution in [0.15, 0.2) is 35.6 Å². The lowest BCUT2D eigenvalue weighted by Crippen LogP contribution is -2.41. The van der Waals surface area contributed by atoms with Gasteiger partial charge in [0, 0.05) is 38.6 Å². The third-order valence-corrected chi connectivity index (χ3v) is 4.87. The van der Waals surface area contributed by atoms with Crippen LogP contribution in [0.2, 0.25) is 0 Å². The summed E-state index contributed by atoms with van der Waals surface area (Å²) in [5.74, 6) is 3.18.